The summed E-state index contributed by atoms with van der Waals surface area (Å²) in [5.74, 6) is 1.10. The normalized spacial score (nSPS) is 13.1. The van der Waals surface area contributed by atoms with Crippen molar-refractivity contribution in [3.05, 3.63) is 28.2 Å². The average molecular weight is 303 g/mol. The third-order valence-electron chi connectivity index (χ3n) is 2.28. The second-order valence-electron chi connectivity index (χ2n) is 4.13. The summed E-state index contributed by atoms with van der Waals surface area (Å²) in [6, 6.07) is 6.45. The third-order valence-corrected chi connectivity index (χ3v) is 4.25. The first-order valence-corrected chi connectivity index (χ1v) is 7.11. The number of nitrogens with zero attached hydrogens (tertiary/aromatic N) is 1. The molecule has 90 valence electrons. The van der Waals surface area contributed by atoms with E-state index in [0.29, 0.717) is 0 Å². The molecule has 2 N–H and O–H groups in total. The first-order valence-electron chi connectivity index (χ1n) is 5.33. The lowest BCUT2D eigenvalue weighted by Gasteiger charge is -2.11. The van der Waals surface area contributed by atoms with Crippen LogP contribution in [0.15, 0.2) is 27.6 Å². The molecular weight excluding hydrogens is 284 g/mol. The molecule has 1 aromatic carbocycles. The first kappa shape index (κ1) is 14.0. The van der Waals surface area contributed by atoms with Crippen LogP contribution in [0.25, 0.3) is 0 Å². The van der Waals surface area contributed by atoms with E-state index in [2.05, 4.69) is 53.1 Å². The van der Waals surface area contributed by atoms with Crippen molar-refractivity contribution < 1.29 is 0 Å². The molecule has 0 heterocycles. The van der Waals surface area contributed by atoms with Crippen LogP contribution in [-0.4, -0.2) is 31.3 Å². The Morgan fingerprint density at radius 2 is 2.12 bits per heavy atom. The minimum absolute atomic E-state index is 0.0946. The van der Waals surface area contributed by atoms with E-state index in [-0.39, 0.29) is 6.04 Å². The van der Waals surface area contributed by atoms with Crippen molar-refractivity contribution in [2.75, 3.05) is 26.4 Å². The standard InChI is InChI=1S/C12H19BrN2S/c1-9(14)10-4-5-12(11(13)8-10)16-7-6-15(2)3/h4-5,8-9H,6-7,14H2,1-3H3. The highest BCUT2D eigenvalue weighted by Crippen LogP contribution is 2.29. The molecule has 1 atom stereocenters. The van der Waals surface area contributed by atoms with Gasteiger partial charge in [0, 0.05) is 27.7 Å². The molecule has 0 radical (unpaired) electrons. The van der Waals surface area contributed by atoms with Gasteiger partial charge in [-0.3, -0.25) is 0 Å². The molecule has 2 nitrogen and oxygen atoms in total. The lowest BCUT2D eigenvalue weighted by atomic mass is 10.1. The average Bonchev–Trinajstić information content (AvgIpc) is 2.19. The van der Waals surface area contributed by atoms with Crippen LogP contribution in [0.4, 0.5) is 0 Å². The highest BCUT2D eigenvalue weighted by Gasteiger charge is 2.05. The molecule has 0 amide bonds. The van der Waals surface area contributed by atoms with Crippen LogP contribution >= 0.6 is 27.7 Å². The molecule has 0 saturated carbocycles. The Kier molecular flexibility index (Phi) is 5.83. The van der Waals surface area contributed by atoms with Crippen LogP contribution in [0.1, 0.15) is 18.5 Å². The molecule has 0 aliphatic rings. The summed E-state index contributed by atoms with van der Waals surface area (Å²) < 4.78 is 1.14. The number of rotatable bonds is 5. The Hall–Kier alpha value is -0.0300. The van der Waals surface area contributed by atoms with E-state index >= 15 is 0 Å². The maximum absolute atomic E-state index is 5.84. The van der Waals surface area contributed by atoms with Crippen LogP contribution in [0.5, 0.6) is 0 Å². The minimum atomic E-state index is 0.0946. The maximum atomic E-state index is 5.84. The molecule has 0 fully saturated rings. The fourth-order valence-electron chi connectivity index (χ4n) is 1.26. The van der Waals surface area contributed by atoms with E-state index in [1.54, 1.807) is 0 Å². The second-order valence-corrected chi connectivity index (χ2v) is 6.12. The fraction of sp³-hybridized carbons (Fsp3) is 0.500. The van der Waals surface area contributed by atoms with Crippen molar-refractivity contribution in [3.8, 4) is 0 Å². The molecule has 4 heteroatoms. The number of thioether (sulfide) groups is 1. The molecule has 1 rings (SSSR count). The van der Waals surface area contributed by atoms with E-state index < -0.39 is 0 Å². The van der Waals surface area contributed by atoms with E-state index in [0.717, 1.165) is 16.8 Å². The van der Waals surface area contributed by atoms with Crippen molar-refractivity contribution in [2.45, 2.75) is 17.9 Å². The van der Waals surface area contributed by atoms with Gasteiger partial charge in [-0.2, -0.15) is 0 Å². The lowest BCUT2D eigenvalue weighted by molar-refractivity contribution is 0.437. The molecule has 0 spiro atoms. The van der Waals surface area contributed by atoms with E-state index in [9.17, 15) is 0 Å². The number of halogens is 1. The zero-order chi connectivity index (χ0) is 12.1. The molecule has 1 aromatic rings. The Morgan fingerprint density at radius 1 is 1.44 bits per heavy atom. The van der Waals surface area contributed by atoms with Gasteiger partial charge in [-0.1, -0.05) is 6.07 Å². The van der Waals surface area contributed by atoms with Crippen molar-refractivity contribution in [1.29, 1.82) is 0 Å². The molecule has 1 unspecified atom stereocenters. The minimum Gasteiger partial charge on any atom is -0.324 e. The molecule has 16 heavy (non-hydrogen) atoms. The van der Waals surface area contributed by atoms with Gasteiger partial charge in [0.1, 0.15) is 0 Å². The Bertz CT molecular complexity index is 340. The summed E-state index contributed by atoms with van der Waals surface area (Å²) >= 11 is 5.46. The van der Waals surface area contributed by atoms with Gasteiger partial charge in [0.05, 0.1) is 0 Å². The van der Waals surface area contributed by atoms with Crippen molar-refractivity contribution in [1.82, 2.24) is 4.90 Å². The summed E-state index contributed by atoms with van der Waals surface area (Å²) in [5, 5.41) is 0. The molecule has 0 aliphatic carbocycles. The quantitative estimate of drug-likeness (QED) is 0.848. The Balaban J connectivity index is 2.61. The fourth-order valence-corrected chi connectivity index (χ4v) is 3.03. The summed E-state index contributed by atoms with van der Waals surface area (Å²) in [5.41, 5.74) is 7.01. The Morgan fingerprint density at radius 3 is 2.62 bits per heavy atom. The summed E-state index contributed by atoms with van der Waals surface area (Å²) in [6.07, 6.45) is 0. The van der Waals surface area contributed by atoms with Crippen molar-refractivity contribution in [3.63, 3.8) is 0 Å². The zero-order valence-electron chi connectivity index (χ0n) is 10.0. The predicted molar refractivity (Wildman–Crippen MR) is 76.0 cm³/mol. The lowest BCUT2D eigenvalue weighted by Crippen LogP contribution is -2.14. The van der Waals surface area contributed by atoms with Gasteiger partial charge in [-0.05, 0) is 54.6 Å². The second kappa shape index (κ2) is 6.64. The van der Waals surface area contributed by atoms with Gasteiger partial charge in [-0.25, -0.2) is 0 Å². The highest BCUT2D eigenvalue weighted by atomic mass is 79.9. The molecule has 0 aromatic heterocycles. The third kappa shape index (κ3) is 4.45. The number of hydrogen-bond donors (Lipinski definition) is 1. The number of benzene rings is 1. The van der Waals surface area contributed by atoms with Gasteiger partial charge < -0.3 is 10.6 Å². The van der Waals surface area contributed by atoms with Gasteiger partial charge in [-0.15, -0.1) is 11.8 Å². The zero-order valence-corrected chi connectivity index (χ0v) is 12.4. The van der Waals surface area contributed by atoms with Crippen LogP contribution in [0, 0.1) is 0 Å². The largest absolute Gasteiger partial charge is 0.324 e. The smallest absolute Gasteiger partial charge is 0.0314 e. The monoisotopic (exact) mass is 302 g/mol. The first-order chi connectivity index (χ1) is 7.50. The van der Waals surface area contributed by atoms with Crippen LogP contribution < -0.4 is 5.73 Å². The van der Waals surface area contributed by atoms with Gasteiger partial charge >= 0.3 is 0 Å². The molecular formula is C12H19BrN2S. The van der Waals surface area contributed by atoms with Crippen LogP contribution in [0.3, 0.4) is 0 Å². The molecule has 0 aliphatic heterocycles. The summed E-state index contributed by atoms with van der Waals surface area (Å²) in [4.78, 5) is 3.48. The van der Waals surface area contributed by atoms with Gasteiger partial charge in [0.2, 0.25) is 0 Å². The topological polar surface area (TPSA) is 29.3 Å². The Labute approximate surface area is 111 Å². The number of nitrogens with two attached hydrogens (primary N) is 1. The van der Waals surface area contributed by atoms with Crippen LogP contribution in [-0.2, 0) is 0 Å². The highest BCUT2D eigenvalue weighted by molar-refractivity contribution is 9.10. The number of hydrogen-bond acceptors (Lipinski definition) is 3. The van der Waals surface area contributed by atoms with E-state index in [4.69, 9.17) is 5.73 Å². The maximum Gasteiger partial charge on any atom is 0.0314 e. The van der Waals surface area contributed by atoms with E-state index in [1.807, 2.05) is 18.7 Å². The SMILES string of the molecule is CC(N)c1ccc(SCCN(C)C)c(Br)c1. The van der Waals surface area contributed by atoms with Gasteiger partial charge in [0.15, 0.2) is 0 Å². The predicted octanol–water partition coefficient (Wildman–Crippen LogP) is 3.12. The van der Waals surface area contributed by atoms with Crippen LogP contribution in [0.2, 0.25) is 0 Å². The van der Waals surface area contributed by atoms with Crippen molar-refractivity contribution in [2.24, 2.45) is 5.73 Å². The van der Waals surface area contributed by atoms with Crippen molar-refractivity contribution >= 4 is 27.7 Å². The van der Waals surface area contributed by atoms with Gasteiger partial charge in [0.25, 0.3) is 0 Å². The van der Waals surface area contributed by atoms with E-state index in [1.165, 1.54) is 10.5 Å². The summed E-state index contributed by atoms with van der Waals surface area (Å²) in [7, 11) is 4.18. The molecule has 0 bridgehead atoms. The molecule has 0 saturated heterocycles. The summed E-state index contributed by atoms with van der Waals surface area (Å²) in [6.45, 7) is 3.09.